The summed E-state index contributed by atoms with van der Waals surface area (Å²) in [6.45, 7) is 0.225. The lowest BCUT2D eigenvalue weighted by Gasteiger charge is -2.34. The number of carbonyl (C=O) groups is 2. The third-order valence-corrected chi connectivity index (χ3v) is 4.07. The van der Waals surface area contributed by atoms with Gasteiger partial charge in [0, 0.05) is 13.0 Å². The molecule has 1 heterocycles. The molecule has 0 radical (unpaired) electrons. The highest BCUT2D eigenvalue weighted by molar-refractivity contribution is 6.00. The molecule has 6 heteroatoms. The van der Waals surface area contributed by atoms with Gasteiger partial charge in [-0.05, 0) is 29.8 Å². The summed E-state index contributed by atoms with van der Waals surface area (Å²) in [6.07, 6.45) is -0.459. The fourth-order valence-corrected chi connectivity index (χ4v) is 2.79. The van der Waals surface area contributed by atoms with Crippen molar-refractivity contribution in [1.82, 2.24) is 0 Å². The number of aliphatic hydroxyl groups is 1. The van der Waals surface area contributed by atoms with E-state index in [4.69, 9.17) is 4.74 Å². The summed E-state index contributed by atoms with van der Waals surface area (Å²) in [5.41, 5.74) is 2.03. The van der Waals surface area contributed by atoms with Gasteiger partial charge in [0.15, 0.2) is 6.10 Å². The predicted molar refractivity (Wildman–Crippen MR) is 91.5 cm³/mol. The van der Waals surface area contributed by atoms with Crippen LogP contribution in [0, 0.1) is 0 Å². The van der Waals surface area contributed by atoms with Crippen LogP contribution in [0.2, 0.25) is 0 Å². The number of hydrogen-bond donors (Lipinski definition) is 1. The lowest BCUT2D eigenvalue weighted by molar-refractivity contribution is -0.127. The maximum Gasteiger partial charge on any atom is 0.337 e. The minimum Gasteiger partial charge on any atom is -0.478 e. The van der Waals surface area contributed by atoms with Crippen molar-refractivity contribution >= 4 is 17.6 Å². The van der Waals surface area contributed by atoms with E-state index < -0.39 is 12.1 Å². The Morgan fingerprint density at radius 2 is 1.92 bits per heavy atom. The SMILES string of the molecule is COC(=O)c1ccc(CN2C(=O)C(CCO)Oc3ccccc32)cc1. The Morgan fingerprint density at radius 1 is 1.20 bits per heavy atom. The number of anilines is 1. The summed E-state index contributed by atoms with van der Waals surface area (Å²) in [6, 6.07) is 14.2. The van der Waals surface area contributed by atoms with E-state index in [9.17, 15) is 14.7 Å². The molecule has 0 saturated heterocycles. The van der Waals surface area contributed by atoms with Gasteiger partial charge in [-0.25, -0.2) is 4.79 Å². The van der Waals surface area contributed by atoms with Gasteiger partial charge in [0.1, 0.15) is 5.75 Å². The van der Waals surface area contributed by atoms with Crippen LogP contribution < -0.4 is 9.64 Å². The molecule has 0 aliphatic carbocycles. The van der Waals surface area contributed by atoms with Crippen molar-refractivity contribution in [2.75, 3.05) is 18.6 Å². The molecule has 25 heavy (non-hydrogen) atoms. The number of nitrogens with zero attached hydrogens (tertiary/aromatic N) is 1. The van der Waals surface area contributed by atoms with Crippen molar-refractivity contribution in [3.63, 3.8) is 0 Å². The summed E-state index contributed by atoms with van der Waals surface area (Å²) in [7, 11) is 1.33. The number of benzene rings is 2. The van der Waals surface area contributed by atoms with Crippen LogP contribution in [0.15, 0.2) is 48.5 Å². The van der Waals surface area contributed by atoms with Crippen LogP contribution in [0.3, 0.4) is 0 Å². The number of carbonyl (C=O) groups excluding carboxylic acids is 2. The summed E-state index contributed by atoms with van der Waals surface area (Å²) >= 11 is 0. The molecule has 1 aliphatic rings. The Hall–Kier alpha value is -2.86. The van der Waals surface area contributed by atoms with E-state index in [2.05, 4.69) is 4.74 Å². The van der Waals surface area contributed by atoms with Crippen LogP contribution in [-0.4, -0.2) is 36.8 Å². The van der Waals surface area contributed by atoms with Crippen LogP contribution in [0.1, 0.15) is 22.3 Å². The number of ether oxygens (including phenoxy) is 2. The fourth-order valence-electron chi connectivity index (χ4n) is 2.79. The molecule has 0 aromatic heterocycles. The first-order valence-corrected chi connectivity index (χ1v) is 7.99. The minimum atomic E-state index is -0.700. The van der Waals surface area contributed by atoms with Crippen LogP contribution in [-0.2, 0) is 16.1 Å². The van der Waals surface area contributed by atoms with Gasteiger partial charge in [-0.3, -0.25) is 4.79 Å². The van der Waals surface area contributed by atoms with Crippen LogP contribution >= 0.6 is 0 Å². The van der Waals surface area contributed by atoms with Gasteiger partial charge in [0.25, 0.3) is 5.91 Å². The van der Waals surface area contributed by atoms with Crippen LogP contribution in [0.25, 0.3) is 0 Å². The predicted octanol–water partition coefficient (Wildman–Crippen LogP) is 2.15. The van der Waals surface area contributed by atoms with Crippen molar-refractivity contribution in [3.8, 4) is 5.75 Å². The molecule has 0 saturated carbocycles. The average Bonchev–Trinajstić information content (AvgIpc) is 2.65. The Balaban J connectivity index is 1.87. The van der Waals surface area contributed by atoms with E-state index in [-0.39, 0.29) is 18.9 Å². The smallest absolute Gasteiger partial charge is 0.337 e. The van der Waals surface area contributed by atoms with E-state index in [1.54, 1.807) is 35.2 Å². The number of para-hydroxylation sites is 2. The molecule has 6 nitrogen and oxygen atoms in total. The number of fused-ring (bicyclic) bond motifs is 1. The Labute approximate surface area is 145 Å². The third kappa shape index (κ3) is 3.49. The van der Waals surface area contributed by atoms with E-state index in [0.29, 0.717) is 23.5 Å². The molecule has 0 bridgehead atoms. The van der Waals surface area contributed by atoms with Crippen molar-refractivity contribution in [2.24, 2.45) is 0 Å². The standard InChI is InChI=1S/C19H19NO5/c1-24-19(23)14-8-6-13(7-9-14)12-20-15-4-2-3-5-16(15)25-17(10-11-21)18(20)22/h2-9,17,21H,10-12H2,1H3. The second kappa shape index (κ2) is 7.36. The number of aliphatic hydroxyl groups excluding tert-OH is 1. The van der Waals surface area contributed by atoms with Gasteiger partial charge in [-0.2, -0.15) is 0 Å². The van der Waals surface area contributed by atoms with E-state index >= 15 is 0 Å². The molecule has 3 rings (SSSR count). The van der Waals surface area contributed by atoms with Gasteiger partial charge in [-0.15, -0.1) is 0 Å². The summed E-state index contributed by atoms with van der Waals surface area (Å²) in [5.74, 6) is 0.0267. The molecule has 2 aromatic carbocycles. The van der Waals surface area contributed by atoms with E-state index in [1.807, 2.05) is 18.2 Å². The number of esters is 1. The van der Waals surface area contributed by atoms with Gasteiger partial charge >= 0.3 is 5.97 Å². The van der Waals surface area contributed by atoms with Crippen molar-refractivity contribution in [1.29, 1.82) is 0 Å². The van der Waals surface area contributed by atoms with Gasteiger partial charge < -0.3 is 19.5 Å². The Bertz CT molecular complexity index is 772. The van der Waals surface area contributed by atoms with Crippen molar-refractivity contribution in [3.05, 3.63) is 59.7 Å². The molecule has 1 unspecified atom stereocenters. The molecule has 0 fully saturated rings. The maximum atomic E-state index is 12.7. The first kappa shape index (κ1) is 17.0. The molecule has 1 atom stereocenters. The largest absolute Gasteiger partial charge is 0.478 e. The Kier molecular flexibility index (Phi) is 5.00. The van der Waals surface area contributed by atoms with E-state index in [1.165, 1.54) is 7.11 Å². The minimum absolute atomic E-state index is 0.125. The normalized spacial score (nSPS) is 16.2. The number of methoxy groups -OCH3 is 1. The number of hydrogen-bond acceptors (Lipinski definition) is 5. The zero-order valence-corrected chi connectivity index (χ0v) is 13.8. The lowest BCUT2D eigenvalue weighted by atomic mass is 10.1. The second-order valence-corrected chi connectivity index (χ2v) is 5.70. The molecule has 0 spiro atoms. The van der Waals surface area contributed by atoms with Crippen LogP contribution in [0.5, 0.6) is 5.75 Å². The third-order valence-electron chi connectivity index (χ3n) is 4.07. The lowest BCUT2D eigenvalue weighted by Crippen LogP contribution is -2.45. The highest BCUT2D eigenvalue weighted by atomic mass is 16.5. The first-order chi connectivity index (χ1) is 12.1. The number of amides is 1. The maximum absolute atomic E-state index is 12.7. The highest BCUT2D eigenvalue weighted by Crippen LogP contribution is 2.35. The van der Waals surface area contributed by atoms with Crippen LogP contribution in [0.4, 0.5) is 5.69 Å². The van der Waals surface area contributed by atoms with Gasteiger partial charge in [0.2, 0.25) is 0 Å². The fraction of sp³-hybridized carbons (Fsp3) is 0.263. The monoisotopic (exact) mass is 341 g/mol. The molecular formula is C19H19NO5. The van der Waals surface area contributed by atoms with Crippen molar-refractivity contribution in [2.45, 2.75) is 19.1 Å². The van der Waals surface area contributed by atoms with Gasteiger partial charge in [0.05, 0.1) is 24.9 Å². The molecule has 130 valence electrons. The highest BCUT2D eigenvalue weighted by Gasteiger charge is 2.33. The number of rotatable bonds is 5. The first-order valence-electron chi connectivity index (χ1n) is 7.99. The zero-order valence-electron chi connectivity index (χ0n) is 13.8. The topological polar surface area (TPSA) is 76.1 Å². The molecule has 1 N–H and O–H groups in total. The quantitative estimate of drug-likeness (QED) is 0.844. The Morgan fingerprint density at radius 3 is 2.60 bits per heavy atom. The molecule has 2 aromatic rings. The average molecular weight is 341 g/mol. The van der Waals surface area contributed by atoms with E-state index in [0.717, 1.165) is 5.56 Å². The van der Waals surface area contributed by atoms with Crippen molar-refractivity contribution < 1.29 is 24.2 Å². The van der Waals surface area contributed by atoms with Gasteiger partial charge in [-0.1, -0.05) is 24.3 Å². The summed E-state index contributed by atoms with van der Waals surface area (Å²) < 4.78 is 10.4. The summed E-state index contributed by atoms with van der Waals surface area (Å²) in [5, 5.41) is 9.17. The molecule has 1 aliphatic heterocycles. The summed E-state index contributed by atoms with van der Waals surface area (Å²) in [4.78, 5) is 25.9. The molecular weight excluding hydrogens is 322 g/mol. The zero-order chi connectivity index (χ0) is 17.8. The molecule has 1 amide bonds. The second-order valence-electron chi connectivity index (χ2n) is 5.70.